The first-order valence-corrected chi connectivity index (χ1v) is 5.18. The molecule has 0 aromatic carbocycles. The second-order valence-electron chi connectivity index (χ2n) is 3.61. The van der Waals surface area contributed by atoms with Gasteiger partial charge in [0.2, 0.25) is 0 Å². The highest BCUT2D eigenvalue weighted by Crippen LogP contribution is 2.13. The minimum atomic E-state index is -0.303. The first kappa shape index (κ1) is 11.7. The molecular formula is C10H18N4O. The predicted molar refractivity (Wildman–Crippen MR) is 58.4 cm³/mol. The van der Waals surface area contributed by atoms with Crippen LogP contribution < -0.4 is 11.1 Å². The van der Waals surface area contributed by atoms with Crippen molar-refractivity contribution in [2.75, 3.05) is 6.54 Å². The molecule has 1 amide bonds. The molecule has 0 radical (unpaired) electrons. The number of aromatic amines is 1. The number of nitrogens with zero attached hydrogens (tertiary/aromatic N) is 1. The normalized spacial score (nSPS) is 11.4. The molecule has 84 valence electrons. The van der Waals surface area contributed by atoms with Crippen LogP contribution >= 0.6 is 0 Å². The number of hydrogen-bond acceptors (Lipinski definition) is 3. The molecule has 1 aromatic heterocycles. The summed E-state index contributed by atoms with van der Waals surface area (Å²) in [4.78, 5) is 18.3. The number of nitrogens with two attached hydrogens (primary N) is 1. The molecule has 5 nitrogen and oxygen atoms in total. The van der Waals surface area contributed by atoms with Crippen LogP contribution in [0.1, 0.15) is 37.2 Å². The molecule has 0 aliphatic heterocycles. The average Bonchev–Trinajstić information content (AvgIpc) is 2.79. The monoisotopic (exact) mass is 210 g/mol. The molecule has 0 aliphatic rings. The maximum atomic E-state index is 11.8. The van der Waals surface area contributed by atoms with E-state index in [0.29, 0.717) is 12.2 Å². The first-order chi connectivity index (χ1) is 7.17. The highest BCUT2D eigenvalue weighted by molar-refractivity contribution is 5.92. The van der Waals surface area contributed by atoms with Crippen molar-refractivity contribution in [3.63, 3.8) is 0 Å². The Kier molecular flexibility index (Phi) is 3.85. The van der Waals surface area contributed by atoms with Crippen molar-refractivity contribution in [3.05, 3.63) is 18.2 Å². The van der Waals surface area contributed by atoms with E-state index in [1.807, 2.05) is 13.8 Å². The number of rotatable bonds is 5. The third-order valence-electron chi connectivity index (χ3n) is 2.87. The molecular weight excluding hydrogens is 192 g/mol. The van der Waals surface area contributed by atoms with Crippen LogP contribution in [-0.2, 0) is 0 Å². The highest BCUT2D eigenvalue weighted by Gasteiger charge is 2.26. The van der Waals surface area contributed by atoms with Gasteiger partial charge in [-0.2, -0.15) is 0 Å². The largest absolute Gasteiger partial charge is 0.344 e. The SMILES string of the molecule is CCC(CC)(CN)NC(=O)c1cnc[nH]1. The molecule has 0 aliphatic carbocycles. The molecule has 0 fully saturated rings. The van der Waals surface area contributed by atoms with Crippen molar-refractivity contribution < 1.29 is 4.79 Å². The number of nitrogens with one attached hydrogen (secondary N) is 2. The minimum Gasteiger partial charge on any atom is -0.344 e. The van der Waals surface area contributed by atoms with Gasteiger partial charge in [0.1, 0.15) is 5.69 Å². The summed E-state index contributed by atoms with van der Waals surface area (Å²) < 4.78 is 0. The molecule has 1 rings (SSSR count). The van der Waals surface area contributed by atoms with Gasteiger partial charge >= 0.3 is 0 Å². The van der Waals surface area contributed by atoms with Crippen LogP contribution in [0.4, 0.5) is 0 Å². The summed E-state index contributed by atoms with van der Waals surface area (Å²) in [6.45, 7) is 4.48. The van der Waals surface area contributed by atoms with E-state index in [2.05, 4.69) is 15.3 Å². The van der Waals surface area contributed by atoms with Crippen molar-refractivity contribution in [2.24, 2.45) is 5.73 Å². The summed E-state index contributed by atoms with van der Waals surface area (Å²) >= 11 is 0. The van der Waals surface area contributed by atoms with Gasteiger partial charge in [0.25, 0.3) is 5.91 Å². The predicted octanol–water partition coefficient (Wildman–Crippen LogP) is 0.657. The second-order valence-corrected chi connectivity index (χ2v) is 3.61. The van der Waals surface area contributed by atoms with E-state index in [-0.39, 0.29) is 11.4 Å². The molecule has 0 unspecified atom stereocenters. The molecule has 0 saturated heterocycles. The van der Waals surface area contributed by atoms with Crippen LogP contribution in [0.3, 0.4) is 0 Å². The Balaban J connectivity index is 2.71. The molecule has 5 heteroatoms. The van der Waals surface area contributed by atoms with Crippen LogP contribution in [0.5, 0.6) is 0 Å². The van der Waals surface area contributed by atoms with E-state index < -0.39 is 0 Å². The van der Waals surface area contributed by atoms with Crippen molar-refractivity contribution in [1.82, 2.24) is 15.3 Å². The zero-order valence-electron chi connectivity index (χ0n) is 9.21. The maximum absolute atomic E-state index is 11.8. The van der Waals surface area contributed by atoms with Gasteiger partial charge in [-0.05, 0) is 12.8 Å². The van der Waals surface area contributed by atoms with Crippen molar-refractivity contribution in [1.29, 1.82) is 0 Å². The zero-order chi connectivity index (χ0) is 11.3. The average molecular weight is 210 g/mol. The lowest BCUT2D eigenvalue weighted by Gasteiger charge is -2.31. The van der Waals surface area contributed by atoms with Gasteiger partial charge in [-0.25, -0.2) is 4.98 Å². The molecule has 0 saturated carbocycles. The standard InChI is InChI=1S/C10H18N4O/c1-3-10(4-2,6-11)14-9(15)8-5-12-7-13-8/h5,7H,3-4,6,11H2,1-2H3,(H,12,13)(H,14,15). The zero-order valence-corrected chi connectivity index (χ0v) is 9.21. The van der Waals surface area contributed by atoms with Crippen LogP contribution in [0.15, 0.2) is 12.5 Å². The lowest BCUT2D eigenvalue weighted by Crippen LogP contribution is -2.52. The van der Waals surface area contributed by atoms with E-state index in [9.17, 15) is 4.79 Å². The van der Waals surface area contributed by atoms with Gasteiger partial charge in [-0.15, -0.1) is 0 Å². The van der Waals surface area contributed by atoms with E-state index in [1.54, 1.807) is 0 Å². The first-order valence-electron chi connectivity index (χ1n) is 5.18. The van der Waals surface area contributed by atoms with Gasteiger partial charge in [0, 0.05) is 6.54 Å². The highest BCUT2D eigenvalue weighted by atomic mass is 16.2. The van der Waals surface area contributed by atoms with Crippen LogP contribution in [0.25, 0.3) is 0 Å². The molecule has 15 heavy (non-hydrogen) atoms. The molecule has 4 N–H and O–H groups in total. The van der Waals surface area contributed by atoms with E-state index in [1.165, 1.54) is 12.5 Å². The Morgan fingerprint density at radius 3 is 2.67 bits per heavy atom. The fourth-order valence-corrected chi connectivity index (χ4v) is 1.45. The summed E-state index contributed by atoms with van der Waals surface area (Å²) in [5.74, 6) is -0.151. The van der Waals surface area contributed by atoms with E-state index in [0.717, 1.165) is 12.8 Å². The molecule has 0 spiro atoms. The smallest absolute Gasteiger partial charge is 0.269 e. The third kappa shape index (κ3) is 2.56. The topological polar surface area (TPSA) is 83.8 Å². The lowest BCUT2D eigenvalue weighted by atomic mass is 9.93. The fraction of sp³-hybridized carbons (Fsp3) is 0.600. The van der Waals surface area contributed by atoms with Gasteiger partial charge < -0.3 is 16.0 Å². The number of hydrogen-bond donors (Lipinski definition) is 3. The lowest BCUT2D eigenvalue weighted by molar-refractivity contribution is 0.0890. The second kappa shape index (κ2) is 4.93. The summed E-state index contributed by atoms with van der Waals surface area (Å²) in [5, 5.41) is 2.95. The summed E-state index contributed by atoms with van der Waals surface area (Å²) in [7, 11) is 0. The Labute approximate surface area is 89.5 Å². The Morgan fingerprint density at radius 1 is 1.60 bits per heavy atom. The molecule has 0 bridgehead atoms. The number of H-pyrrole nitrogens is 1. The summed E-state index contributed by atoms with van der Waals surface area (Å²) in [5.41, 5.74) is 5.85. The maximum Gasteiger partial charge on any atom is 0.269 e. The minimum absolute atomic E-state index is 0.151. The Bertz CT molecular complexity index is 295. The van der Waals surface area contributed by atoms with Crippen molar-refractivity contribution >= 4 is 5.91 Å². The summed E-state index contributed by atoms with van der Waals surface area (Å²) in [6, 6.07) is 0. The number of amides is 1. The number of carbonyl (C=O) groups excluding carboxylic acids is 1. The number of carbonyl (C=O) groups is 1. The van der Waals surface area contributed by atoms with Crippen LogP contribution in [-0.4, -0.2) is 28.0 Å². The van der Waals surface area contributed by atoms with Gasteiger partial charge in [0.15, 0.2) is 0 Å². The van der Waals surface area contributed by atoms with Crippen LogP contribution in [0, 0.1) is 0 Å². The third-order valence-corrected chi connectivity index (χ3v) is 2.87. The van der Waals surface area contributed by atoms with Crippen molar-refractivity contribution in [2.45, 2.75) is 32.2 Å². The van der Waals surface area contributed by atoms with Gasteiger partial charge in [0.05, 0.1) is 18.1 Å². The fourth-order valence-electron chi connectivity index (χ4n) is 1.45. The Hall–Kier alpha value is -1.36. The Morgan fingerprint density at radius 2 is 2.27 bits per heavy atom. The quantitative estimate of drug-likeness (QED) is 0.667. The van der Waals surface area contributed by atoms with Crippen LogP contribution in [0.2, 0.25) is 0 Å². The number of aromatic nitrogens is 2. The van der Waals surface area contributed by atoms with E-state index >= 15 is 0 Å². The van der Waals surface area contributed by atoms with Gasteiger partial charge in [-0.1, -0.05) is 13.8 Å². The number of imidazole rings is 1. The molecule has 1 heterocycles. The van der Waals surface area contributed by atoms with E-state index in [4.69, 9.17) is 5.73 Å². The molecule has 0 atom stereocenters. The van der Waals surface area contributed by atoms with Gasteiger partial charge in [-0.3, -0.25) is 4.79 Å². The molecule has 1 aromatic rings. The van der Waals surface area contributed by atoms with Crippen molar-refractivity contribution in [3.8, 4) is 0 Å². The summed E-state index contributed by atoms with van der Waals surface area (Å²) in [6.07, 6.45) is 4.62.